The zero-order valence-electron chi connectivity index (χ0n) is 11.1. The van der Waals surface area contributed by atoms with Gasteiger partial charge in [-0.25, -0.2) is 5.48 Å². The Morgan fingerprint density at radius 3 is 3.00 bits per heavy atom. The van der Waals surface area contributed by atoms with Gasteiger partial charge in [0.15, 0.2) is 0 Å². The van der Waals surface area contributed by atoms with Gasteiger partial charge in [0.25, 0.3) is 0 Å². The third kappa shape index (κ3) is 1.88. The molecule has 1 amide bonds. The molecule has 2 atom stereocenters. The first-order chi connectivity index (χ1) is 9.81. The molecule has 1 fully saturated rings. The minimum Gasteiger partial charge on any atom is -0.273 e. The number of fused-ring (bicyclic) bond motifs is 4. The number of nitrogens with zero attached hydrogens (tertiary/aromatic N) is 1. The van der Waals surface area contributed by atoms with Gasteiger partial charge in [-0.2, -0.15) is 0 Å². The molecular weight excluding hydrogens is 252 g/mol. The normalized spacial score (nSPS) is 25.5. The first kappa shape index (κ1) is 11.9. The number of hydrogen-bond acceptors (Lipinski definition) is 3. The summed E-state index contributed by atoms with van der Waals surface area (Å²) in [5, 5.41) is 1.13. The van der Waals surface area contributed by atoms with Gasteiger partial charge in [0.1, 0.15) is 6.10 Å². The number of hydrogen-bond donors (Lipinski definition) is 1. The molecule has 1 aliphatic carbocycles. The first-order valence-corrected chi connectivity index (χ1v) is 7.14. The maximum absolute atomic E-state index is 11.5. The van der Waals surface area contributed by atoms with Crippen LogP contribution in [0.3, 0.4) is 0 Å². The lowest BCUT2D eigenvalue weighted by Gasteiger charge is -2.30. The average molecular weight is 268 g/mol. The van der Waals surface area contributed by atoms with Gasteiger partial charge >= 0.3 is 0 Å². The average Bonchev–Trinajstić information content (AvgIpc) is 2.67. The monoisotopic (exact) mass is 268 g/mol. The van der Waals surface area contributed by atoms with Crippen molar-refractivity contribution >= 4 is 16.8 Å². The summed E-state index contributed by atoms with van der Waals surface area (Å²) in [4.78, 5) is 21.9. The van der Waals surface area contributed by atoms with Crippen LogP contribution in [-0.4, -0.2) is 10.9 Å². The second kappa shape index (κ2) is 4.56. The minimum atomic E-state index is -0.0534. The number of para-hydroxylation sites is 1. The summed E-state index contributed by atoms with van der Waals surface area (Å²) in [5.41, 5.74) is 5.85. The van der Waals surface area contributed by atoms with Crippen LogP contribution in [0, 0.1) is 5.92 Å². The van der Waals surface area contributed by atoms with Crippen LogP contribution in [0.25, 0.3) is 10.9 Å². The molecule has 2 aliphatic rings. The third-order valence-corrected chi connectivity index (χ3v) is 4.36. The van der Waals surface area contributed by atoms with E-state index in [1.807, 2.05) is 18.2 Å². The highest BCUT2D eigenvalue weighted by atomic mass is 16.7. The number of pyridine rings is 1. The molecule has 1 aromatic heterocycles. The topological polar surface area (TPSA) is 51.2 Å². The number of rotatable bonds is 0. The largest absolute Gasteiger partial charge is 0.273 e. The maximum Gasteiger partial charge on any atom is 0.243 e. The summed E-state index contributed by atoms with van der Waals surface area (Å²) < 4.78 is 0. The van der Waals surface area contributed by atoms with Crippen LogP contribution in [0.15, 0.2) is 30.3 Å². The summed E-state index contributed by atoms with van der Waals surface area (Å²) in [5.74, 6) is 0.388. The van der Waals surface area contributed by atoms with Crippen molar-refractivity contribution in [3.05, 3.63) is 41.6 Å². The fourth-order valence-corrected chi connectivity index (χ4v) is 3.30. The van der Waals surface area contributed by atoms with E-state index in [-0.39, 0.29) is 12.0 Å². The predicted molar refractivity (Wildman–Crippen MR) is 74.8 cm³/mol. The van der Waals surface area contributed by atoms with Gasteiger partial charge in [-0.3, -0.25) is 14.6 Å². The molecule has 1 saturated heterocycles. The van der Waals surface area contributed by atoms with E-state index in [0.29, 0.717) is 12.3 Å². The van der Waals surface area contributed by atoms with Crippen molar-refractivity contribution in [2.24, 2.45) is 5.92 Å². The SMILES string of the molecule is O=C1CCC2CCc3nc4ccccc4cc3C2ON1. The highest BCUT2D eigenvalue weighted by Crippen LogP contribution is 2.40. The first-order valence-electron chi connectivity index (χ1n) is 7.14. The Balaban J connectivity index is 1.82. The molecule has 4 nitrogen and oxygen atoms in total. The zero-order valence-corrected chi connectivity index (χ0v) is 11.1. The van der Waals surface area contributed by atoms with E-state index in [4.69, 9.17) is 9.82 Å². The van der Waals surface area contributed by atoms with Gasteiger partial charge < -0.3 is 0 Å². The van der Waals surface area contributed by atoms with Crippen molar-refractivity contribution in [1.82, 2.24) is 10.5 Å². The molecule has 1 aromatic carbocycles. The number of aromatic nitrogens is 1. The Kier molecular flexibility index (Phi) is 2.70. The summed E-state index contributed by atoms with van der Waals surface area (Å²) in [6.07, 6.45) is 3.40. The van der Waals surface area contributed by atoms with Crippen molar-refractivity contribution in [2.75, 3.05) is 0 Å². The lowest BCUT2D eigenvalue weighted by Crippen LogP contribution is -2.27. The van der Waals surface area contributed by atoms with E-state index < -0.39 is 0 Å². The molecule has 102 valence electrons. The fourth-order valence-electron chi connectivity index (χ4n) is 3.30. The van der Waals surface area contributed by atoms with Crippen molar-refractivity contribution in [3.63, 3.8) is 0 Å². The van der Waals surface area contributed by atoms with Crippen LogP contribution < -0.4 is 5.48 Å². The molecule has 1 N–H and O–H groups in total. The van der Waals surface area contributed by atoms with Gasteiger partial charge in [-0.15, -0.1) is 0 Å². The van der Waals surface area contributed by atoms with E-state index in [9.17, 15) is 4.79 Å². The van der Waals surface area contributed by atoms with Crippen LogP contribution in [0.4, 0.5) is 0 Å². The third-order valence-electron chi connectivity index (χ3n) is 4.36. The van der Waals surface area contributed by atoms with E-state index in [2.05, 4.69) is 17.6 Å². The van der Waals surface area contributed by atoms with Gasteiger partial charge in [-0.05, 0) is 37.3 Å². The summed E-state index contributed by atoms with van der Waals surface area (Å²) in [6, 6.07) is 10.3. The summed E-state index contributed by atoms with van der Waals surface area (Å²) in [7, 11) is 0. The fraction of sp³-hybridized carbons (Fsp3) is 0.375. The van der Waals surface area contributed by atoms with Crippen molar-refractivity contribution in [1.29, 1.82) is 0 Å². The van der Waals surface area contributed by atoms with E-state index in [0.717, 1.165) is 41.4 Å². The minimum absolute atomic E-state index is 0.0188. The number of hydroxylamine groups is 1. The van der Waals surface area contributed by atoms with Crippen LogP contribution in [0.5, 0.6) is 0 Å². The van der Waals surface area contributed by atoms with E-state index in [1.165, 1.54) is 0 Å². The Morgan fingerprint density at radius 1 is 1.20 bits per heavy atom. The molecule has 0 radical (unpaired) electrons. The number of carbonyl (C=O) groups excluding carboxylic acids is 1. The molecule has 4 rings (SSSR count). The van der Waals surface area contributed by atoms with Crippen LogP contribution >= 0.6 is 0 Å². The molecule has 1 aliphatic heterocycles. The molecular formula is C16H16N2O2. The van der Waals surface area contributed by atoms with Crippen molar-refractivity contribution in [3.8, 4) is 0 Å². The van der Waals surface area contributed by atoms with Crippen LogP contribution in [-0.2, 0) is 16.1 Å². The Labute approximate surface area is 117 Å². The second-order valence-electron chi connectivity index (χ2n) is 5.62. The van der Waals surface area contributed by atoms with Crippen LogP contribution in [0.2, 0.25) is 0 Å². The van der Waals surface area contributed by atoms with Gasteiger partial charge in [0.05, 0.1) is 5.52 Å². The molecule has 0 spiro atoms. The predicted octanol–water partition coefficient (Wildman–Crippen LogP) is 2.68. The van der Waals surface area contributed by atoms with Crippen LogP contribution in [0.1, 0.15) is 36.6 Å². The maximum atomic E-state index is 11.5. The molecule has 0 saturated carbocycles. The molecule has 4 heteroatoms. The number of amides is 1. The van der Waals surface area contributed by atoms with Gasteiger partial charge in [-0.1, -0.05) is 18.2 Å². The molecule has 2 aromatic rings. The summed E-state index contributed by atoms with van der Waals surface area (Å²) >= 11 is 0. The number of carbonyl (C=O) groups is 1. The van der Waals surface area contributed by atoms with E-state index in [1.54, 1.807) is 0 Å². The summed E-state index contributed by atoms with van der Waals surface area (Å²) in [6.45, 7) is 0. The standard InChI is InChI=1S/C16H16N2O2/c19-15-8-6-10-5-7-14-12(16(10)20-18-15)9-11-3-1-2-4-13(11)17-14/h1-4,9-10,16H,5-8H2,(H,18,19). The number of benzene rings is 1. The molecule has 2 heterocycles. The highest BCUT2D eigenvalue weighted by molar-refractivity contribution is 5.79. The van der Waals surface area contributed by atoms with E-state index >= 15 is 0 Å². The number of nitrogens with one attached hydrogen (secondary N) is 1. The lowest BCUT2D eigenvalue weighted by molar-refractivity contribution is -0.137. The smallest absolute Gasteiger partial charge is 0.243 e. The Hall–Kier alpha value is -1.94. The molecule has 0 bridgehead atoms. The zero-order chi connectivity index (χ0) is 13.5. The van der Waals surface area contributed by atoms with Crippen molar-refractivity contribution in [2.45, 2.75) is 31.8 Å². The lowest BCUT2D eigenvalue weighted by atomic mass is 9.81. The number of aryl methyl sites for hydroxylation is 1. The quantitative estimate of drug-likeness (QED) is 0.799. The highest BCUT2D eigenvalue weighted by Gasteiger charge is 2.34. The Bertz CT molecular complexity index is 683. The van der Waals surface area contributed by atoms with Crippen molar-refractivity contribution < 1.29 is 9.63 Å². The Morgan fingerprint density at radius 2 is 2.05 bits per heavy atom. The van der Waals surface area contributed by atoms with Gasteiger partial charge in [0, 0.05) is 23.1 Å². The molecule has 2 unspecified atom stereocenters. The second-order valence-corrected chi connectivity index (χ2v) is 5.62. The van der Waals surface area contributed by atoms with Gasteiger partial charge in [0.2, 0.25) is 5.91 Å². The molecule has 20 heavy (non-hydrogen) atoms.